The molecule has 0 heterocycles. The van der Waals surface area contributed by atoms with Gasteiger partial charge in [0.15, 0.2) is 0 Å². The normalized spacial score (nSPS) is 12.4. The molecule has 0 radical (unpaired) electrons. The first-order chi connectivity index (χ1) is 8.13. The number of nitrogens with two attached hydrogens (primary N) is 1. The molecule has 0 bridgehead atoms. The van der Waals surface area contributed by atoms with Crippen molar-refractivity contribution in [2.75, 3.05) is 6.54 Å². The van der Waals surface area contributed by atoms with Crippen molar-refractivity contribution in [1.82, 2.24) is 5.32 Å². The molecular weight excluding hydrogens is 236 g/mol. The van der Waals surface area contributed by atoms with Gasteiger partial charge in [-0.3, -0.25) is 4.79 Å². The Bertz CT molecular complexity index is 351. The lowest BCUT2D eigenvalue weighted by atomic mass is 10.0. The molecule has 1 aromatic carbocycles. The van der Waals surface area contributed by atoms with Gasteiger partial charge in [0.1, 0.15) is 0 Å². The molecule has 1 amide bonds. The molecule has 0 aliphatic heterocycles. The van der Waals surface area contributed by atoms with E-state index in [9.17, 15) is 4.79 Å². The number of nitrogens with one attached hydrogen (secondary N) is 1. The third-order valence-corrected chi connectivity index (χ3v) is 2.86. The van der Waals surface area contributed by atoms with Gasteiger partial charge in [0, 0.05) is 24.0 Å². The first-order valence-electron chi connectivity index (χ1n) is 5.90. The molecule has 3 N–H and O–H groups in total. The smallest absolute Gasteiger partial charge is 0.218 e. The summed E-state index contributed by atoms with van der Waals surface area (Å²) in [6.45, 7) is 2.75. The highest BCUT2D eigenvalue weighted by Gasteiger charge is 2.09. The number of carbonyl (C=O) groups excluding carboxylic acids is 1. The minimum atomic E-state index is -0.274. The van der Waals surface area contributed by atoms with Gasteiger partial charge in [0.05, 0.1) is 0 Å². The van der Waals surface area contributed by atoms with Gasteiger partial charge in [-0.25, -0.2) is 0 Å². The van der Waals surface area contributed by atoms with E-state index >= 15 is 0 Å². The number of benzene rings is 1. The highest BCUT2D eigenvalue weighted by Crippen LogP contribution is 2.20. The molecular formula is C13H19ClN2O. The zero-order chi connectivity index (χ0) is 12.7. The molecule has 0 fully saturated rings. The minimum absolute atomic E-state index is 0.261. The first-order valence-corrected chi connectivity index (χ1v) is 6.28. The summed E-state index contributed by atoms with van der Waals surface area (Å²) in [6, 6.07) is 8.06. The van der Waals surface area contributed by atoms with Crippen LogP contribution in [0.15, 0.2) is 24.3 Å². The summed E-state index contributed by atoms with van der Waals surface area (Å²) in [6.07, 6.45) is 2.48. The molecule has 1 rings (SSSR count). The molecule has 0 aliphatic carbocycles. The van der Waals surface area contributed by atoms with Gasteiger partial charge in [-0.15, -0.1) is 0 Å². The number of carbonyl (C=O) groups is 1. The summed E-state index contributed by atoms with van der Waals surface area (Å²) >= 11 is 5.86. The molecule has 0 saturated carbocycles. The predicted molar refractivity (Wildman–Crippen MR) is 70.9 cm³/mol. The Kier molecular flexibility index (Phi) is 6.01. The fourth-order valence-corrected chi connectivity index (χ4v) is 1.87. The van der Waals surface area contributed by atoms with Crippen LogP contribution in [0.2, 0.25) is 5.02 Å². The zero-order valence-electron chi connectivity index (χ0n) is 10.1. The Morgan fingerprint density at radius 2 is 2.06 bits per heavy atom. The molecule has 94 valence electrons. The number of primary amides is 1. The number of halogens is 1. The summed E-state index contributed by atoms with van der Waals surface area (Å²) in [5.74, 6) is -0.274. The molecule has 1 unspecified atom stereocenters. The van der Waals surface area contributed by atoms with Crippen LogP contribution >= 0.6 is 11.6 Å². The van der Waals surface area contributed by atoms with E-state index in [1.54, 1.807) is 0 Å². The summed E-state index contributed by atoms with van der Waals surface area (Å²) in [5, 5.41) is 4.08. The second kappa shape index (κ2) is 7.30. The monoisotopic (exact) mass is 254 g/mol. The van der Waals surface area contributed by atoms with Crippen molar-refractivity contribution in [3.63, 3.8) is 0 Å². The van der Waals surface area contributed by atoms with Gasteiger partial charge in [0.25, 0.3) is 0 Å². The molecule has 0 aromatic heterocycles. The van der Waals surface area contributed by atoms with Gasteiger partial charge >= 0.3 is 0 Å². The maximum atomic E-state index is 10.7. The number of rotatable bonds is 7. The van der Waals surface area contributed by atoms with Crippen molar-refractivity contribution >= 4 is 17.5 Å². The van der Waals surface area contributed by atoms with Crippen molar-refractivity contribution in [1.29, 1.82) is 0 Å². The third-order valence-electron chi connectivity index (χ3n) is 2.61. The average Bonchev–Trinajstić information content (AvgIpc) is 2.29. The van der Waals surface area contributed by atoms with Crippen LogP contribution in [0.25, 0.3) is 0 Å². The molecule has 17 heavy (non-hydrogen) atoms. The molecule has 1 atom stereocenters. The van der Waals surface area contributed by atoms with Gasteiger partial charge in [-0.2, -0.15) is 0 Å². The molecule has 3 nitrogen and oxygen atoms in total. The Hall–Kier alpha value is -1.06. The summed E-state index contributed by atoms with van der Waals surface area (Å²) in [4.78, 5) is 10.7. The van der Waals surface area contributed by atoms with Crippen LogP contribution < -0.4 is 11.1 Å². The largest absolute Gasteiger partial charge is 0.370 e. The van der Waals surface area contributed by atoms with E-state index in [-0.39, 0.29) is 11.9 Å². The average molecular weight is 255 g/mol. The fourth-order valence-electron chi connectivity index (χ4n) is 1.74. The quantitative estimate of drug-likeness (QED) is 0.786. The second-order valence-corrected chi connectivity index (χ2v) is 4.50. The SMILES string of the molecule is CCCC(NCCC(N)=O)c1ccc(Cl)cc1. The van der Waals surface area contributed by atoms with Crippen molar-refractivity contribution in [2.45, 2.75) is 32.2 Å². The highest BCUT2D eigenvalue weighted by atomic mass is 35.5. The fraction of sp³-hybridized carbons (Fsp3) is 0.462. The topological polar surface area (TPSA) is 55.1 Å². The summed E-state index contributed by atoms with van der Waals surface area (Å²) in [7, 11) is 0. The highest BCUT2D eigenvalue weighted by molar-refractivity contribution is 6.30. The summed E-state index contributed by atoms with van der Waals surface area (Å²) in [5.41, 5.74) is 6.31. The molecule has 4 heteroatoms. The van der Waals surface area contributed by atoms with Gasteiger partial charge < -0.3 is 11.1 Å². The number of amides is 1. The maximum Gasteiger partial charge on any atom is 0.218 e. The molecule has 1 aromatic rings. The van der Waals surface area contributed by atoms with Crippen molar-refractivity contribution < 1.29 is 4.79 Å². The van der Waals surface area contributed by atoms with E-state index < -0.39 is 0 Å². The maximum absolute atomic E-state index is 10.7. The van der Waals surface area contributed by atoms with Crippen LogP contribution in [0, 0.1) is 0 Å². The van der Waals surface area contributed by atoms with Gasteiger partial charge in [0.2, 0.25) is 5.91 Å². The van der Waals surface area contributed by atoms with Crippen molar-refractivity contribution in [2.24, 2.45) is 5.73 Å². The van der Waals surface area contributed by atoms with Crippen molar-refractivity contribution in [3.05, 3.63) is 34.9 Å². The molecule has 0 saturated heterocycles. The minimum Gasteiger partial charge on any atom is -0.370 e. The van der Waals surface area contributed by atoms with Crippen LogP contribution in [0.1, 0.15) is 37.8 Å². The van der Waals surface area contributed by atoms with E-state index in [4.69, 9.17) is 17.3 Å². The Morgan fingerprint density at radius 1 is 1.41 bits per heavy atom. The van der Waals surface area contributed by atoms with E-state index in [0.717, 1.165) is 17.9 Å². The second-order valence-electron chi connectivity index (χ2n) is 4.06. The lowest BCUT2D eigenvalue weighted by Crippen LogP contribution is -2.26. The van der Waals surface area contributed by atoms with Crippen LogP contribution in [0.5, 0.6) is 0 Å². The van der Waals surface area contributed by atoms with Crippen LogP contribution in [0.3, 0.4) is 0 Å². The molecule has 0 aliphatic rings. The zero-order valence-corrected chi connectivity index (χ0v) is 10.8. The standard InChI is InChI=1S/C13H19ClN2O/c1-2-3-12(16-9-8-13(15)17)10-4-6-11(14)7-5-10/h4-7,12,16H,2-3,8-9H2,1H3,(H2,15,17). The van der Waals surface area contributed by atoms with Crippen LogP contribution in [0.4, 0.5) is 0 Å². The lowest BCUT2D eigenvalue weighted by molar-refractivity contribution is -0.117. The van der Waals surface area contributed by atoms with E-state index in [1.165, 1.54) is 5.56 Å². The van der Waals surface area contributed by atoms with Gasteiger partial charge in [-0.1, -0.05) is 37.1 Å². The number of hydrogen-bond acceptors (Lipinski definition) is 2. The van der Waals surface area contributed by atoms with E-state index in [2.05, 4.69) is 12.2 Å². The Balaban J connectivity index is 2.58. The van der Waals surface area contributed by atoms with Crippen LogP contribution in [-0.4, -0.2) is 12.5 Å². The molecule has 0 spiro atoms. The predicted octanol–water partition coefficient (Wildman–Crippen LogP) is 2.65. The van der Waals surface area contributed by atoms with Crippen molar-refractivity contribution in [3.8, 4) is 0 Å². The first kappa shape index (κ1) is 14.0. The number of hydrogen-bond donors (Lipinski definition) is 2. The van der Waals surface area contributed by atoms with Gasteiger partial charge in [-0.05, 0) is 24.1 Å². The van der Waals surface area contributed by atoms with E-state index in [0.29, 0.717) is 13.0 Å². The Morgan fingerprint density at radius 3 is 2.59 bits per heavy atom. The Labute approximate surface area is 107 Å². The summed E-state index contributed by atoms with van der Waals surface area (Å²) < 4.78 is 0. The third kappa shape index (κ3) is 5.20. The van der Waals surface area contributed by atoms with E-state index in [1.807, 2.05) is 24.3 Å². The van der Waals surface area contributed by atoms with Crippen LogP contribution in [-0.2, 0) is 4.79 Å². The lowest BCUT2D eigenvalue weighted by Gasteiger charge is -2.18.